The number of carbonyl (C=O) groups excluding carboxylic acids is 3. The standard InChI is InChI=1S/C24H34O6/c1-4-7-9-19(6-3)16-28-22-13-10-20(11-14-22)12-15-24(27)30-18-21(25)17-29-23(26)8-5-2/h10-15,19H,4-9,16-18H2,1-3H3/b15-12+. The predicted octanol–water partition coefficient (Wildman–Crippen LogP) is 4.75. The lowest BCUT2D eigenvalue weighted by Crippen LogP contribution is -2.19. The third kappa shape index (κ3) is 11.4. The van der Waals surface area contributed by atoms with E-state index in [1.807, 2.05) is 31.2 Å². The van der Waals surface area contributed by atoms with E-state index < -0.39 is 24.3 Å². The summed E-state index contributed by atoms with van der Waals surface area (Å²) in [6.45, 7) is 6.12. The number of unbranched alkanes of at least 4 members (excludes halogenated alkanes) is 1. The van der Waals surface area contributed by atoms with Gasteiger partial charge in [-0.25, -0.2) is 4.79 Å². The van der Waals surface area contributed by atoms with E-state index in [2.05, 4.69) is 13.8 Å². The molecule has 0 saturated heterocycles. The highest BCUT2D eigenvalue weighted by Gasteiger charge is 2.09. The van der Waals surface area contributed by atoms with Crippen molar-refractivity contribution in [1.29, 1.82) is 0 Å². The van der Waals surface area contributed by atoms with Crippen molar-refractivity contribution in [1.82, 2.24) is 0 Å². The molecular weight excluding hydrogens is 384 g/mol. The van der Waals surface area contributed by atoms with E-state index >= 15 is 0 Å². The van der Waals surface area contributed by atoms with Gasteiger partial charge in [0.2, 0.25) is 5.78 Å². The molecule has 0 radical (unpaired) electrons. The smallest absolute Gasteiger partial charge is 0.331 e. The van der Waals surface area contributed by atoms with Crippen molar-refractivity contribution in [3.63, 3.8) is 0 Å². The van der Waals surface area contributed by atoms with Gasteiger partial charge in [-0.2, -0.15) is 0 Å². The Labute approximate surface area is 179 Å². The molecule has 1 aromatic rings. The van der Waals surface area contributed by atoms with Crippen molar-refractivity contribution in [2.75, 3.05) is 19.8 Å². The van der Waals surface area contributed by atoms with Crippen LogP contribution in [0.2, 0.25) is 0 Å². The van der Waals surface area contributed by atoms with E-state index in [0.29, 0.717) is 18.9 Å². The monoisotopic (exact) mass is 418 g/mol. The number of hydrogen-bond acceptors (Lipinski definition) is 6. The first-order chi connectivity index (χ1) is 14.5. The van der Waals surface area contributed by atoms with E-state index in [9.17, 15) is 14.4 Å². The Morgan fingerprint density at radius 3 is 2.30 bits per heavy atom. The molecule has 0 aromatic heterocycles. The van der Waals surface area contributed by atoms with E-state index in [4.69, 9.17) is 14.2 Å². The summed E-state index contributed by atoms with van der Waals surface area (Å²) in [6, 6.07) is 7.44. The maximum absolute atomic E-state index is 11.7. The zero-order chi connectivity index (χ0) is 22.2. The molecule has 0 N–H and O–H groups in total. The molecule has 0 heterocycles. The van der Waals surface area contributed by atoms with E-state index in [0.717, 1.165) is 17.7 Å². The second-order valence-electron chi connectivity index (χ2n) is 7.19. The molecule has 0 aliphatic heterocycles. The zero-order valence-electron chi connectivity index (χ0n) is 18.4. The number of carbonyl (C=O) groups is 3. The largest absolute Gasteiger partial charge is 0.493 e. The van der Waals surface area contributed by atoms with Crippen molar-refractivity contribution >= 4 is 23.8 Å². The van der Waals surface area contributed by atoms with Gasteiger partial charge >= 0.3 is 11.9 Å². The number of esters is 2. The summed E-state index contributed by atoms with van der Waals surface area (Å²) in [7, 11) is 0. The molecule has 1 rings (SSSR count). The fourth-order valence-electron chi connectivity index (χ4n) is 2.63. The zero-order valence-corrected chi connectivity index (χ0v) is 18.4. The highest BCUT2D eigenvalue weighted by molar-refractivity contribution is 5.90. The summed E-state index contributed by atoms with van der Waals surface area (Å²) in [5.74, 6) is -0.168. The van der Waals surface area contributed by atoms with E-state index in [1.54, 1.807) is 6.08 Å². The molecule has 0 fully saturated rings. The first-order valence-electron chi connectivity index (χ1n) is 10.7. The highest BCUT2D eigenvalue weighted by atomic mass is 16.6. The van der Waals surface area contributed by atoms with Crippen molar-refractivity contribution < 1.29 is 28.6 Å². The average molecular weight is 419 g/mol. The van der Waals surface area contributed by atoms with Gasteiger partial charge in [0.05, 0.1) is 6.61 Å². The van der Waals surface area contributed by atoms with Crippen molar-refractivity contribution in [3.8, 4) is 5.75 Å². The molecule has 1 aromatic carbocycles. The molecule has 0 bridgehead atoms. The second-order valence-corrected chi connectivity index (χ2v) is 7.19. The quantitative estimate of drug-likeness (QED) is 0.302. The number of ether oxygens (including phenoxy) is 3. The van der Waals surface area contributed by atoms with Crippen LogP contribution in [0.1, 0.15) is 64.9 Å². The van der Waals surface area contributed by atoms with Crippen molar-refractivity contribution in [2.24, 2.45) is 5.92 Å². The third-order valence-electron chi connectivity index (χ3n) is 4.54. The van der Waals surface area contributed by atoms with Gasteiger partial charge in [-0.1, -0.05) is 52.2 Å². The Hall–Kier alpha value is -2.63. The number of Topliss-reactive ketones (excluding diaryl/α,β-unsaturated/α-hetero) is 1. The molecule has 6 heteroatoms. The van der Waals surface area contributed by atoms with Gasteiger partial charge in [-0.15, -0.1) is 0 Å². The number of hydrogen-bond donors (Lipinski definition) is 0. The fraction of sp³-hybridized carbons (Fsp3) is 0.542. The van der Waals surface area contributed by atoms with Crippen LogP contribution in [0, 0.1) is 5.92 Å². The Morgan fingerprint density at radius 2 is 1.67 bits per heavy atom. The minimum absolute atomic E-state index is 0.262. The molecular formula is C24H34O6. The Balaban J connectivity index is 2.36. The predicted molar refractivity (Wildman–Crippen MR) is 116 cm³/mol. The van der Waals surface area contributed by atoms with Crippen LogP contribution in [0.4, 0.5) is 0 Å². The van der Waals surface area contributed by atoms with Crippen LogP contribution < -0.4 is 4.74 Å². The molecule has 6 nitrogen and oxygen atoms in total. The van der Waals surface area contributed by atoms with E-state index in [-0.39, 0.29) is 13.0 Å². The van der Waals surface area contributed by atoms with Gasteiger partial charge < -0.3 is 14.2 Å². The van der Waals surface area contributed by atoms with Gasteiger partial charge in [0, 0.05) is 12.5 Å². The SMILES string of the molecule is CCCCC(CC)COc1ccc(/C=C/C(=O)OCC(=O)COC(=O)CCC)cc1. The number of rotatable bonds is 15. The van der Waals surface area contributed by atoms with Crippen LogP contribution in [-0.2, 0) is 23.9 Å². The molecule has 0 aliphatic carbocycles. The minimum atomic E-state index is -0.634. The maximum atomic E-state index is 11.7. The van der Waals surface area contributed by atoms with Crippen LogP contribution in [0.3, 0.4) is 0 Å². The molecule has 0 spiro atoms. The number of ketones is 1. The van der Waals surface area contributed by atoms with Crippen LogP contribution in [0.15, 0.2) is 30.3 Å². The van der Waals surface area contributed by atoms with Crippen LogP contribution in [0.25, 0.3) is 6.08 Å². The Bertz CT molecular complexity index is 677. The van der Waals surface area contributed by atoms with Gasteiger partial charge in [0.1, 0.15) is 5.75 Å². The lowest BCUT2D eigenvalue weighted by atomic mass is 10.0. The lowest BCUT2D eigenvalue weighted by molar-refractivity contribution is -0.151. The second kappa shape index (κ2) is 15.2. The summed E-state index contributed by atoms with van der Waals surface area (Å²) in [5.41, 5.74) is 0.817. The molecule has 0 saturated carbocycles. The first-order valence-corrected chi connectivity index (χ1v) is 10.7. The van der Waals surface area contributed by atoms with Crippen LogP contribution in [0.5, 0.6) is 5.75 Å². The highest BCUT2D eigenvalue weighted by Crippen LogP contribution is 2.18. The molecule has 166 valence electrons. The van der Waals surface area contributed by atoms with Crippen LogP contribution in [-0.4, -0.2) is 37.5 Å². The Morgan fingerprint density at radius 1 is 0.967 bits per heavy atom. The van der Waals surface area contributed by atoms with Crippen molar-refractivity contribution in [2.45, 2.75) is 59.3 Å². The summed E-state index contributed by atoms with van der Waals surface area (Å²) in [6.07, 6.45) is 8.47. The van der Waals surface area contributed by atoms with Gasteiger partial charge in [-0.05, 0) is 42.5 Å². The minimum Gasteiger partial charge on any atom is -0.493 e. The summed E-state index contributed by atoms with van der Waals surface area (Å²) in [4.78, 5) is 34.5. The van der Waals surface area contributed by atoms with Gasteiger partial charge in [0.25, 0.3) is 0 Å². The molecule has 1 atom stereocenters. The summed E-state index contributed by atoms with van der Waals surface area (Å²) in [5, 5.41) is 0. The van der Waals surface area contributed by atoms with Crippen molar-refractivity contribution in [3.05, 3.63) is 35.9 Å². The normalized spacial score (nSPS) is 11.8. The third-order valence-corrected chi connectivity index (χ3v) is 4.54. The maximum Gasteiger partial charge on any atom is 0.331 e. The number of benzene rings is 1. The Kier molecular flexibility index (Phi) is 12.9. The fourth-order valence-corrected chi connectivity index (χ4v) is 2.63. The molecule has 0 aliphatic rings. The summed E-state index contributed by atoms with van der Waals surface area (Å²) < 4.78 is 15.5. The average Bonchev–Trinajstić information content (AvgIpc) is 2.76. The lowest BCUT2D eigenvalue weighted by Gasteiger charge is -2.15. The first kappa shape index (κ1) is 25.4. The van der Waals surface area contributed by atoms with E-state index in [1.165, 1.54) is 25.3 Å². The molecule has 1 unspecified atom stereocenters. The van der Waals surface area contributed by atoms with Gasteiger partial charge in [0.15, 0.2) is 13.2 Å². The molecule has 0 amide bonds. The molecule has 30 heavy (non-hydrogen) atoms. The van der Waals surface area contributed by atoms with Crippen LogP contribution >= 0.6 is 0 Å². The topological polar surface area (TPSA) is 78.9 Å². The summed E-state index contributed by atoms with van der Waals surface area (Å²) >= 11 is 0. The van der Waals surface area contributed by atoms with Gasteiger partial charge in [-0.3, -0.25) is 9.59 Å².